The van der Waals surface area contributed by atoms with Gasteiger partial charge in [0.2, 0.25) is 5.91 Å². The molecule has 1 aromatic heterocycles. The summed E-state index contributed by atoms with van der Waals surface area (Å²) in [5.74, 6) is 0.261. The summed E-state index contributed by atoms with van der Waals surface area (Å²) in [7, 11) is 0. The van der Waals surface area contributed by atoms with Crippen molar-refractivity contribution in [1.82, 2.24) is 9.80 Å². The lowest BCUT2D eigenvalue weighted by Gasteiger charge is -2.39. The lowest BCUT2D eigenvalue weighted by atomic mass is 9.91. The van der Waals surface area contributed by atoms with Crippen molar-refractivity contribution >= 4 is 27.3 Å². The van der Waals surface area contributed by atoms with Crippen molar-refractivity contribution in [2.24, 2.45) is 0 Å². The number of hydrogen-bond acceptors (Lipinski definition) is 3. The van der Waals surface area contributed by atoms with Gasteiger partial charge in [0.25, 0.3) is 0 Å². The fourth-order valence-electron chi connectivity index (χ4n) is 4.83. The van der Waals surface area contributed by atoms with Crippen molar-refractivity contribution in [1.29, 1.82) is 0 Å². The molecule has 0 saturated carbocycles. The van der Waals surface area contributed by atoms with Crippen molar-refractivity contribution in [2.45, 2.75) is 31.7 Å². The van der Waals surface area contributed by atoms with E-state index in [1.807, 2.05) is 0 Å². The lowest BCUT2D eigenvalue weighted by Crippen LogP contribution is -2.45. The number of fused-ring (bicyclic) bond motifs is 2. The molecule has 3 nitrogen and oxygen atoms in total. The van der Waals surface area contributed by atoms with E-state index in [4.69, 9.17) is 0 Å². The van der Waals surface area contributed by atoms with Crippen LogP contribution in [0.1, 0.15) is 35.6 Å². The van der Waals surface area contributed by atoms with Crippen LogP contribution in [0.25, 0.3) is 10.1 Å². The first-order valence-corrected chi connectivity index (χ1v) is 11.2. The number of carbonyl (C=O) groups excluding carboxylic acids is 1. The third-order valence-electron chi connectivity index (χ3n) is 6.29. The zero-order valence-corrected chi connectivity index (χ0v) is 17.0. The highest BCUT2D eigenvalue weighted by Gasteiger charge is 2.32. The highest BCUT2D eigenvalue weighted by atomic mass is 32.1. The Kier molecular flexibility index (Phi) is 4.91. The summed E-state index contributed by atoms with van der Waals surface area (Å²) in [5.41, 5.74) is 3.92. The van der Waals surface area contributed by atoms with Gasteiger partial charge in [-0.1, -0.05) is 36.4 Å². The second-order valence-corrected chi connectivity index (χ2v) is 8.93. The first-order chi connectivity index (χ1) is 13.8. The maximum Gasteiger partial charge on any atom is 0.227 e. The van der Waals surface area contributed by atoms with Gasteiger partial charge in [0.15, 0.2) is 0 Å². The molecule has 2 aliphatic heterocycles. The first kappa shape index (κ1) is 17.9. The van der Waals surface area contributed by atoms with Crippen LogP contribution in [-0.4, -0.2) is 41.9 Å². The van der Waals surface area contributed by atoms with Gasteiger partial charge >= 0.3 is 0 Å². The Balaban J connectivity index is 1.43. The van der Waals surface area contributed by atoms with Gasteiger partial charge in [-0.25, -0.2) is 0 Å². The Bertz CT molecular complexity index is 989. The molecule has 1 atom stereocenters. The van der Waals surface area contributed by atoms with Crippen LogP contribution >= 0.6 is 11.3 Å². The van der Waals surface area contributed by atoms with Gasteiger partial charge in [0.1, 0.15) is 0 Å². The van der Waals surface area contributed by atoms with Gasteiger partial charge < -0.3 is 9.80 Å². The summed E-state index contributed by atoms with van der Waals surface area (Å²) in [6.07, 6.45) is 4.01. The van der Waals surface area contributed by atoms with E-state index in [0.29, 0.717) is 6.42 Å². The van der Waals surface area contributed by atoms with Crippen molar-refractivity contribution in [3.8, 4) is 0 Å². The Morgan fingerprint density at radius 1 is 1.00 bits per heavy atom. The molecule has 0 aliphatic carbocycles. The smallest absolute Gasteiger partial charge is 0.227 e. The highest BCUT2D eigenvalue weighted by Crippen LogP contribution is 2.32. The maximum atomic E-state index is 13.4. The normalized spacial score (nSPS) is 19.9. The molecular formula is C24H26N2OS. The average Bonchev–Trinajstić information content (AvgIpc) is 3.40. The number of hydrogen-bond donors (Lipinski definition) is 0. The van der Waals surface area contributed by atoms with E-state index in [1.54, 1.807) is 11.3 Å². The number of likely N-dealkylation sites (tertiary alicyclic amines) is 1. The number of benzene rings is 2. The summed E-state index contributed by atoms with van der Waals surface area (Å²) in [6.45, 7) is 4.11. The van der Waals surface area contributed by atoms with Crippen LogP contribution < -0.4 is 0 Å². The van der Waals surface area contributed by atoms with E-state index in [1.165, 1.54) is 34.1 Å². The molecule has 0 bridgehead atoms. The van der Waals surface area contributed by atoms with Crippen molar-refractivity contribution in [3.05, 3.63) is 70.6 Å². The minimum Gasteiger partial charge on any atom is -0.334 e. The molecule has 1 saturated heterocycles. The Morgan fingerprint density at radius 3 is 2.75 bits per heavy atom. The van der Waals surface area contributed by atoms with Crippen LogP contribution in [-0.2, 0) is 17.6 Å². The molecule has 28 heavy (non-hydrogen) atoms. The van der Waals surface area contributed by atoms with Crippen molar-refractivity contribution < 1.29 is 4.79 Å². The Hall–Kier alpha value is -2.17. The molecule has 0 N–H and O–H groups in total. The number of rotatable bonds is 4. The zero-order valence-electron chi connectivity index (χ0n) is 16.1. The second-order valence-electron chi connectivity index (χ2n) is 7.99. The number of amides is 1. The fourth-order valence-corrected chi connectivity index (χ4v) is 5.67. The number of nitrogens with zero attached hydrogens (tertiary/aromatic N) is 2. The molecule has 1 amide bonds. The number of carbonyl (C=O) groups is 1. The standard InChI is InChI=1S/C24H26N2OS/c27-24(16-19-7-5-9-23-21(19)11-15-28-23)26-14-10-18-6-1-2-8-20(18)22(26)17-25-12-3-4-13-25/h1-2,5-9,11,15,22H,3-4,10,12-14,16-17H2. The predicted molar refractivity (Wildman–Crippen MR) is 116 cm³/mol. The van der Waals surface area contributed by atoms with Crippen LogP contribution in [0.5, 0.6) is 0 Å². The molecule has 2 aliphatic rings. The van der Waals surface area contributed by atoms with E-state index in [-0.39, 0.29) is 11.9 Å². The number of thiophene rings is 1. The topological polar surface area (TPSA) is 23.6 Å². The van der Waals surface area contributed by atoms with E-state index < -0.39 is 0 Å². The summed E-state index contributed by atoms with van der Waals surface area (Å²) in [5, 5.41) is 3.35. The third-order valence-corrected chi connectivity index (χ3v) is 7.17. The molecule has 0 spiro atoms. The molecule has 0 radical (unpaired) electrons. The lowest BCUT2D eigenvalue weighted by molar-refractivity contribution is -0.133. The zero-order chi connectivity index (χ0) is 18.9. The van der Waals surface area contributed by atoms with Gasteiger partial charge in [-0.3, -0.25) is 4.79 Å². The summed E-state index contributed by atoms with van der Waals surface area (Å²) in [6, 6.07) is 17.4. The maximum absolute atomic E-state index is 13.4. The Morgan fingerprint density at radius 2 is 1.86 bits per heavy atom. The fraction of sp³-hybridized carbons (Fsp3) is 0.375. The van der Waals surface area contributed by atoms with Gasteiger partial charge in [-0.15, -0.1) is 11.3 Å². The molecule has 1 fully saturated rings. The third kappa shape index (κ3) is 3.36. The second kappa shape index (κ2) is 7.69. The molecule has 3 heterocycles. The molecule has 4 heteroatoms. The quantitative estimate of drug-likeness (QED) is 0.647. The SMILES string of the molecule is O=C(Cc1cccc2sccc12)N1CCc2ccccc2C1CN1CCCC1. The van der Waals surface area contributed by atoms with Crippen molar-refractivity contribution in [2.75, 3.05) is 26.2 Å². The minimum absolute atomic E-state index is 0.178. The predicted octanol–water partition coefficient (Wildman–Crippen LogP) is 4.67. The van der Waals surface area contributed by atoms with Gasteiger partial charge in [0, 0.05) is 17.8 Å². The molecule has 3 aromatic rings. The van der Waals surface area contributed by atoms with Gasteiger partial charge in [-0.05, 0) is 71.9 Å². The largest absolute Gasteiger partial charge is 0.334 e. The van der Waals surface area contributed by atoms with Crippen LogP contribution in [0.4, 0.5) is 0 Å². The van der Waals surface area contributed by atoms with E-state index in [9.17, 15) is 4.79 Å². The summed E-state index contributed by atoms with van der Waals surface area (Å²) < 4.78 is 1.27. The van der Waals surface area contributed by atoms with Crippen LogP contribution in [0, 0.1) is 0 Å². The monoisotopic (exact) mass is 390 g/mol. The van der Waals surface area contributed by atoms with E-state index >= 15 is 0 Å². The van der Waals surface area contributed by atoms with Crippen LogP contribution in [0.3, 0.4) is 0 Å². The first-order valence-electron chi connectivity index (χ1n) is 10.3. The molecule has 1 unspecified atom stereocenters. The molecule has 2 aromatic carbocycles. The highest BCUT2D eigenvalue weighted by molar-refractivity contribution is 7.17. The Labute approximate surface area is 170 Å². The molecule has 5 rings (SSSR count). The van der Waals surface area contributed by atoms with Crippen LogP contribution in [0.15, 0.2) is 53.9 Å². The summed E-state index contributed by atoms with van der Waals surface area (Å²) in [4.78, 5) is 18.1. The van der Waals surface area contributed by atoms with E-state index in [2.05, 4.69) is 63.7 Å². The van der Waals surface area contributed by atoms with E-state index in [0.717, 1.165) is 38.2 Å². The molecular weight excluding hydrogens is 364 g/mol. The average molecular weight is 391 g/mol. The van der Waals surface area contributed by atoms with Gasteiger partial charge in [-0.2, -0.15) is 0 Å². The van der Waals surface area contributed by atoms with Gasteiger partial charge in [0.05, 0.1) is 12.5 Å². The van der Waals surface area contributed by atoms with Crippen LogP contribution in [0.2, 0.25) is 0 Å². The molecule has 144 valence electrons. The summed E-state index contributed by atoms with van der Waals surface area (Å²) >= 11 is 1.75. The minimum atomic E-state index is 0.178. The van der Waals surface area contributed by atoms with Crippen molar-refractivity contribution in [3.63, 3.8) is 0 Å².